The maximum absolute atomic E-state index is 9.84. The van der Waals surface area contributed by atoms with Crippen LogP contribution in [-0.2, 0) is 4.79 Å². The third kappa shape index (κ3) is 2.59. The van der Waals surface area contributed by atoms with Crippen molar-refractivity contribution in [3.63, 3.8) is 0 Å². The SMILES string of the molecule is CC(NBr)C(=O)O. The fourth-order valence-electron chi connectivity index (χ4n) is 0.0467. The molecule has 0 aromatic rings. The second-order valence-corrected chi connectivity index (χ2v) is 1.63. The van der Waals surface area contributed by atoms with Gasteiger partial charge in [-0.1, -0.05) is 0 Å². The summed E-state index contributed by atoms with van der Waals surface area (Å²) in [5.74, 6) is -0.864. The Bertz CT molecular complexity index is 75.3. The Kier molecular flexibility index (Phi) is 2.95. The van der Waals surface area contributed by atoms with Crippen molar-refractivity contribution < 1.29 is 9.90 Å². The number of rotatable bonds is 2. The van der Waals surface area contributed by atoms with Crippen molar-refractivity contribution in [2.24, 2.45) is 0 Å². The maximum atomic E-state index is 9.84. The van der Waals surface area contributed by atoms with Gasteiger partial charge in [0, 0.05) is 16.1 Å². The summed E-state index contributed by atoms with van der Waals surface area (Å²) in [7, 11) is 0. The largest absolute Gasteiger partial charge is 0.480 e. The molecular formula is C3H6BrNO2. The number of hydrogen-bond acceptors (Lipinski definition) is 2. The van der Waals surface area contributed by atoms with Gasteiger partial charge in [0.05, 0.1) is 0 Å². The van der Waals surface area contributed by atoms with E-state index in [1.54, 1.807) is 0 Å². The molecule has 0 heterocycles. The number of aliphatic carboxylic acids is 1. The average molecular weight is 168 g/mol. The number of carboxylic acids is 1. The van der Waals surface area contributed by atoms with Crippen molar-refractivity contribution in [1.82, 2.24) is 4.34 Å². The summed E-state index contributed by atoms with van der Waals surface area (Å²) in [6.45, 7) is 1.54. The molecule has 0 aliphatic heterocycles. The van der Waals surface area contributed by atoms with E-state index in [4.69, 9.17) is 5.11 Å². The molecule has 0 radical (unpaired) electrons. The minimum atomic E-state index is -0.864. The quantitative estimate of drug-likeness (QED) is 0.585. The van der Waals surface area contributed by atoms with E-state index in [2.05, 4.69) is 20.5 Å². The minimum Gasteiger partial charge on any atom is -0.480 e. The van der Waals surface area contributed by atoms with Crippen LogP contribution in [-0.4, -0.2) is 17.1 Å². The third-order valence-corrected chi connectivity index (χ3v) is 1.22. The van der Waals surface area contributed by atoms with E-state index in [0.717, 1.165) is 0 Å². The van der Waals surface area contributed by atoms with Crippen LogP contribution in [0, 0.1) is 0 Å². The lowest BCUT2D eigenvalue weighted by Gasteiger charge is -1.97. The summed E-state index contributed by atoms with van der Waals surface area (Å²) in [4.78, 5) is 9.84. The molecule has 0 spiro atoms. The molecule has 0 aliphatic carbocycles. The smallest absolute Gasteiger partial charge is 0.321 e. The molecule has 0 aromatic carbocycles. The Morgan fingerprint density at radius 3 is 2.43 bits per heavy atom. The lowest BCUT2D eigenvalue weighted by Crippen LogP contribution is -2.25. The Hall–Kier alpha value is -0.0900. The molecule has 0 aromatic heterocycles. The molecule has 1 unspecified atom stereocenters. The monoisotopic (exact) mass is 167 g/mol. The highest BCUT2D eigenvalue weighted by Crippen LogP contribution is 1.81. The van der Waals surface area contributed by atoms with Gasteiger partial charge in [0.25, 0.3) is 0 Å². The maximum Gasteiger partial charge on any atom is 0.321 e. The highest BCUT2D eigenvalue weighted by Gasteiger charge is 2.05. The first kappa shape index (κ1) is 6.91. The van der Waals surface area contributed by atoms with Crippen molar-refractivity contribution in [2.75, 3.05) is 0 Å². The minimum absolute atomic E-state index is 0.514. The van der Waals surface area contributed by atoms with Crippen LogP contribution < -0.4 is 4.34 Å². The number of carboxylic acid groups (broad SMARTS) is 1. The standard InChI is InChI=1S/C3H6BrNO2/c1-2(5-4)3(6)7/h2,5H,1H3,(H,6,7). The van der Waals surface area contributed by atoms with Crippen LogP contribution in [0.15, 0.2) is 0 Å². The van der Waals surface area contributed by atoms with Gasteiger partial charge in [0.1, 0.15) is 6.04 Å². The lowest BCUT2D eigenvalue weighted by molar-refractivity contribution is -0.138. The average Bonchev–Trinajstić information content (AvgIpc) is 1.65. The van der Waals surface area contributed by atoms with E-state index in [1.165, 1.54) is 6.92 Å². The molecule has 0 fully saturated rings. The van der Waals surface area contributed by atoms with E-state index in [9.17, 15) is 4.79 Å². The lowest BCUT2D eigenvalue weighted by atomic mass is 10.4. The van der Waals surface area contributed by atoms with Gasteiger partial charge in [-0.3, -0.25) is 4.79 Å². The number of halogens is 1. The summed E-state index contributed by atoms with van der Waals surface area (Å²) < 4.78 is 2.38. The molecule has 0 saturated carbocycles. The van der Waals surface area contributed by atoms with E-state index >= 15 is 0 Å². The van der Waals surface area contributed by atoms with Gasteiger partial charge in [-0.15, -0.1) is 0 Å². The zero-order valence-electron chi connectivity index (χ0n) is 3.81. The van der Waals surface area contributed by atoms with Crippen LogP contribution in [0.2, 0.25) is 0 Å². The number of carbonyl (C=O) groups is 1. The van der Waals surface area contributed by atoms with Gasteiger partial charge < -0.3 is 5.11 Å². The van der Waals surface area contributed by atoms with Gasteiger partial charge in [0.2, 0.25) is 0 Å². The first-order valence-electron chi connectivity index (χ1n) is 1.77. The highest BCUT2D eigenvalue weighted by atomic mass is 79.9. The topological polar surface area (TPSA) is 49.3 Å². The first-order chi connectivity index (χ1) is 3.18. The Balaban J connectivity index is 3.34. The predicted octanol–water partition coefficient (Wildman–Crippen LogP) is 0.359. The predicted molar refractivity (Wildman–Crippen MR) is 29.2 cm³/mol. The summed E-state index contributed by atoms with van der Waals surface area (Å²) in [5, 5.41) is 8.09. The van der Waals surface area contributed by atoms with Crippen LogP contribution in [0.1, 0.15) is 6.92 Å². The molecule has 42 valence electrons. The summed E-state index contributed by atoms with van der Waals surface area (Å²) in [6.07, 6.45) is 0. The highest BCUT2D eigenvalue weighted by molar-refractivity contribution is 9.08. The molecule has 1 atom stereocenters. The van der Waals surface area contributed by atoms with Crippen molar-refractivity contribution in [3.8, 4) is 0 Å². The van der Waals surface area contributed by atoms with Crippen molar-refractivity contribution in [1.29, 1.82) is 0 Å². The van der Waals surface area contributed by atoms with E-state index in [0.29, 0.717) is 0 Å². The summed E-state index contributed by atoms with van der Waals surface area (Å²) >= 11 is 2.78. The van der Waals surface area contributed by atoms with Crippen LogP contribution in [0.5, 0.6) is 0 Å². The molecule has 0 amide bonds. The van der Waals surface area contributed by atoms with Crippen LogP contribution >= 0.6 is 16.1 Å². The zero-order valence-corrected chi connectivity index (χ0v) is 5.40. The number of hydrogen-bond donors (Lipinski definition) is 2. The summed E-state index contributed by atoms with van der Waals surface area (Å²) in [5.41, 5.74) is 0. The Morgan fingerprint density at radius 1 is 2.00 bits per heavy atom. The van der Waals surface area contributed by atoms with Crippen molar-refractivity contribution >= 4 is 22.1 Å². The summed E-state index contributed by atoms with van der Waals surface area (Å²) in [6, 6.07) is -0.514. The van der Waals surface area contributed by atoms with E-state index in [1.807, 2.05) is 0 Å². The fourth-order valence-corrected chi connectivity index (χ4v) is 0.243. The Morgan fingerprint density at radius 2 is 2.43 bits per heavy atom. The second-order valence-electron chi connectivity index (χ2n) is 1.17. The van der Waals surface area contributed by atoms with Crippen molar-refractivity contribution in [3.05, 3.63) is 0 Å². The van der Waals surface area contributed by atoms with Gasteiger partial charge in [-0.2, -0.15) is 0 Å². The first-order valence-corrected chi connectivity index (χ1v) is 2.56. The van der Waals surface area contributed by atoms with Crippen LogP contribution in [0.25, 0.3) is 0 Å². The van der Waals surface area contributed by atoms with Crippen LogP contribution in [0.3, 0.4) is 0 Å². The van der Waals surface area contributed by atoms with Gasteiger partial charge in [-0.25, -0.2) is 4.34 Å². The van der Waals surface area contributed by atoms with Gasteiger partial charge in [0.15, 0.2) is 0 Å². The molecule has 2 N–H and O–H groups in total. The molecule has 4 heteroatoms. The molecule has 3 nitrogen and oxygen atoms in total. The molecule has 7 heavy (non-hydrogen) atoms. The third-order valence-electron chi connectivity index (χ3n) is 0.534. The number of nitrogens with one attached hydrogen (secondary N) is 1. The van der Waals surface area contributed by atoms with Gasteiger partial charge in [-0.05, 0) is 6.92 Å². The molecular weight excluding hydrogens is 162 g/mol. The normalized spacial score (nSPS) is 13.4. The molecule has 0 saturated heterocycles. The van der Waals surface area contributed by atoms with E-state index in [-0.39, 0.29) is 0 Å². The fraction of sp³-hybridized carbons (Fsp3) is 0.667. The molecule has 0 rings (SSSR count). The Labute approximate surface area is 50.1 Å². The zero-order chi connectivity index (χ0) is 5.86. The van der Waals surface area contributed by atoms with Crippen LogP contribution in [0.4, 0.5) is 0 Å². The van der Waals surface area contributed by atoms with Gasteiger partial charge >= 0.3 is 5.97 Å². The molecule has 0 aliphatic rings. The van der Waals surface area contributed by atoms with Crippen molar-refractivity contribution in [2.45, 2.75) is 13.0 Å². The molecule has 0 bridgehead atoms. The second kappa shape index (κ2) is 2.98. The van der Waals surface area contributed by atoms with E-state index < -0.39 is 12.0 Å².